The number of nitrogens with two attached hydrogens (primary N) is 1. The van der Waals surface area contributed by atoms with E-state index in [0.29, 0.717) is 23.1 Å². The van der Waals surface area contributed by atoms with Gasteiger partial charge >= 0.3 is 0 Å². The summed E-state index contributed by atoms with van der Waals surface area (Å²) in [7, 11) is 1.27. The zero-order chi connectivity index (χ0) is 15.4. The molecule has 0 atom stereocenters. The number of halogens is 2. The maximum absolute atomic E-state index is 13.9. The zero-order valence-corrected chi connectivity index (χ0v) is 12.1. The second-order valence-corrected chi connectivity index (χ2v) is 3.97. The number of benzene rings is 2. The third-order valence-corrected chi connectivity index (χ3v) is 2.91. The van der Waals surface area contributed by atoms with Crippen molar-refractivity contribution >= 4 is 16.5 Å². The number of methoxy groups -OCH3 is 1. The van der Waals surface area contributed by atoms with Crippen LogP contribution < -0.4 is 10.5 Å². The van der Waals surface area contributed by atoms with Crippen molar-refractivity contribution in [1.29, 1.82) is 0 Å². The van der Waals surface area contributed by atoms with Crippen molar-refractivity contribution in [3.05, 3.63) is 29.3 Å². The third-order valence-electron chi connectivity index (χ3n) is 2.91. The zero-order valence-electron chi connectivity index (χ0n) is 12.1. The van der Waals surface area contributed by atoms with Gasteiger partial charge in [-0.1, -0.05) is 20.8 Å². The number of rotatable bonds is 2. The smallest absolute Gasteiger partial charge is 0.210 e. The highest BCUT2D eigenvalue weighted by Crippen LogP contribution is 2.40. The van der Waals surface area contributed by atoms with Crippen molar-refractivity contribution in [2.75, 3.05) is 12.8 Å². The Morgan fingerprint density at radius 3 is 2.30 bits per heavy atom. The first-order valence-electron chi connectivity index (χ1n) is 6.47. The molecule has 0 saturated heterocycles. The Bertz CT molecular complexity index is 627. The molecule has 0 amide bonds. The van der Waals surface area contributed by atoms with Gasteiger partial charge in [0.15, 0.2) is 17.3 Å². The van der Waals surface area contributed by atoms with Gasteiger partial charge in [0.25, 0.3) is 0 Å². The Hall–Kier alpha value is -2.04. The standard InChI is InChI=1S/C13H13F2NO2.C2H6/c1-3-6-4-7(16)5-8-9(6)13(18-2)11(15)12(17)10(8)14;1-2/h4-5,17H,3,16H2,1-2H3;1-2H3. The lowest BCUT2D eigenvalue weighted by Crippen LogP contribution is -1.99. The molecule has 0 aromatic heterocycles. The molecule has 2 rings (SSSR count). The molecule has 20 heavy (non-hydrogen) atoms. The number of phenols is 1. The molecule has 0 heterocycles. The van der Waals surface area contributed by atoms with Gasteiger partial charge < -0.3 is 15.6 Å². The molecule has 3 N–H and O–H groups in total. The molecule has 0 unspecified atom stereocenters. The van der Waals surface area contributed by atoms with Crippen LogP contribution in [0.5, 0.6) is 11.5 Å². The van der Waals surface area contributed by atoms with E-state index in [9.17, 15) is 13.9 Å². The summed E-state index contributed by atoms with van der Waals surface area (Å²) in [6.07, 6.45) is 0.543. The summed E-state index contributed by atoms with van der Waals surface area (Å²) >= 11 is 0. The topological polar surface area (TPSA) is 55.5 Å². The molecule has 0 aliphatic carbocycles. The minimum atomic E-state index is -1.10. The van der Waals surface area contributed by atoms with Crippen molar-refractivity contribution in [2.45, 2.75) is 27.2 Å². The molecule has 3 nitrogen and oxygen atoms in total. The predicted molar refractivity (Wildman–Crippen MR) is 77.2 cm³/mol. The summed E-state index contributed by atoms with van der Waals surface area (Å²) in [4.78, 5) is 0. The lowest BCUT2D eigenvalue weighted by molar-refractivity contribution is 0.356. The Labute approximate surface area is 117 Å². The molecule has 0 aliphatic rings. The van der Waals surface area contributed by atoms with Crippen LogP contribution in [0, 0.1) is 11.6 Å². The van der Waals surface area contributed by atoms with E-state index in [4.69, 9.17) is 10.5 Å². The fraction of sp³-hybridized carbons (Fsp3) is 0.333. The van der Waals surface area contributed by atoms with E-state index in [-0.39, 0.29) is 11.1 Å². The molecule has 0 fully saturated rings. The summed E-state index contributed by atoms with van der Waals surface area (Å²) in [6.45, 7) is 5.84. The highest BCUT2D eigenvalue weighted by atomic mass is 19.1. The normalized spacial score (nSPS) is 10.1. The van der Waals surface area contributed by atoms with Crippen LogP contribution in [0.25, 0.3) is 10.8 Å². The van der Waals surface area contributed by atoms with Crippen molar-refractivity contribution in [1.82, 2.24) is 0 Å². The van der Waals surface area contributed by atoms with Crippen LogP contribution in [0.2, 0.25) is 0 Å². The first-order valence-corrected chi connectivity index (χ1v) is 6.47. The number of anilines is 1. The van der Waals surface area contributed by atoms with E-state index in [1.165, 1.54) is 13.2 Å². The van der Waals surface area contributed by atoms with Gasteiger partial charge in [0.1, 0.15) is 0 Å². The molecule has 2 aromatic carbocycles. The van der Waals surface area contributed by atoms with Gasteiger partial charge in [0.2, 0.25) is 5.82 Å². The second-order valence-electron chi connectivity index (χ2n) is 3.97. The van der Waals surface area contributed by atoms with Gasteiger partial charge in [0, 0.05) is 16.5 Å². The van der Waals surface area contributed by atoms with Crippen LogP contribution >= 0.6 is 0 Å². The first kappa shape index (κ1) is 16.0. The molecule has 0 spiro atoms. The van der Waals surface area contributed by atoms with E-state index in [0.717, 1.165) is 0 Å². The van der Waals surface area contributed by atoms with Crippen molar-refractivity contribution < 1.29 is 18.6 Å². The Balaban J connectivity index is 0.000000956. The Kier molecular flexibility index (Phi) is 5.13. The monoisotopic (exact) mass is 283 g/mol. The largest absolute Gasteiger partial charge is 0.503 e. The molecule has 0 saturated carbocycles. The molecule has 0 bridgehead atoms. The summed E-state index contributed by atoms with van der Waals surface area (Å²) < 4.78 is 32.6. The van der Waals surface area contributed by atoms with Gasteiger partial charge in [-0.2, -0.15) is 4.39 Å². The predicted octanol–water partition coefficient (Wildman–Crippen LogP) is 4.00. The molecule has 5 heteroatoms. The number of ether oxygens (including phenoxy) is 1. The quantitative estimate of drug-likeness (QED) is 0.819. The molecule has 0 radical (unpaired) electrons. The number of fused-ring (bicyclic) bond motifs is 1. The maximum Gasteiger partial charge on any atom is 0.210 e. The molecule has 110 valence electrons. The molecule has 0 aliphatic heterocycles. The van der Waals surface area contributed by atoms with Gasteiger partial charge in [-0.05, 0) is 24.1 Å². The summed E-state index contributed by atoms with van der Waals surface area (Å²) in [5.74, 6) is -3.33. The van der Waals surface area contributed by atoms with Crippen LogP contribution in [0.3, 0.4) is 0 Å². The number of hydrogen-bond donors (Lipinski definition) is 2. The average molecular weight is 283 g/mol. The molecule has 2 aromatic rings. The minimum absolute atomic E-state index is 0.0580. The summed E-state index contributed by atoms with van der Waals surface area (Å²) in [5, 5.41) is 9.77. The summed E-state index contributed by atoms with van der Waals surface area (Å²) in [5.41, 5.74) is 6.69. The maximum atomic E-state index is 13.9. The lowest BCUT2D eigenvalue weighted by atomic mass is 9.99. The van der Waals surface area contributed by atoms with Crippen molar-refractivity contribution in [2.24, 2.45) is 0 Å². The van der Waals surface area contributed by atoms with E-state index in [1.807, 2.05) is 20.8 Å². The highest BCUT2D eigenvalue weighted by molar-refractivity contribution is 5.95. The van der Waals surface area contributed by atoms with E-state index < -0.39 is 17.4 Å². The van der Waals surface area contributed by atoms with Gasteiger partial charge in [0.05, 0.1) is 7.11 Å². The van der Waals surface area contributed by atoms with Crippen LogP contribution in [-0.4, -0.2) is 12.2 Å². The molecular formula is C15H19F2NO2. The van der Waals surface area contributed by atoms with Crippen LogP contribution in [0.4, 0.5) is 14.5 Å². The second kappa shape index (κ2) is 6.41. The number of nitrogen functional groups attached to an aromatic ring is 1. The summed E-state index contributed by atoms with van der Waals surface area (Å²) in [6, 6.07) is 2.99. The number of phenolic OH excluding ortho intramolecular Hbond substituents is 1. The van der Waals surface area contributed by atoms with E-state index in [1.54, 1.807) is 6.07 Å². The average Bonchev–Trinajstić information content (AvgIpc) is 2.47. The fourth-order valence-electron chi connectivity index (χ4n) is 2.08. The van der Waals surface area contributed by atoms with Gasteiger partial charge in [-0.15, -0.1) is 0 Å². The Morgan fingerprint density at radius 1 is 1.20 bits per heavy atom. The minimum Gasteiger partial charge on any atom is -0.503 e. The third kappa shape index (κ3) is 2.48. The number of hydrogen-bond acceptors (Lipinski definition) is 3. The lowest BCUT2D eigenvalue weighted by Gasteiger charge is -2.14. The SMILES string of the molecule is CC.CCc1cc(N)cc2c(F)c(O)c(F)c(OC)c12. The van der Waals surface area contributed by atoms with Crippen LogP contribution in [-0.2, 0) is 6.42 Å². The van der Waals surface area contributed by atoms with Crippen molar-refractivity contribution in [3.8, 4) is 11.5 Å². The van der Waals surface area contributed by atoms with Crippen molar-refractivity contribution in [3.63, 3.8) is 0 Å². The first-order chi connectivity index (χ1) is 9.51. The molecular weight excluding hydrogens is 264 g/mol. The number of aryl methyl sites for hydroxylation is 1. The number of aromatic hydroxyl groups is 1. The fourth-order valence-corrected chi connectivity index (χ4v) is 2.08. The van der Waals surface area contributed by atoms with E-state index in [2.05, 4.69) is 0 Å². The Morgan fingerprint density at radius 2 is 1.80 bits per heavy atom. The van der Waals surface area contributed by atoms with E-state index >= 15 is 0 Å². The highest BCUT2D eigenvalue weighted by Gasteiger charge is 2.22. The van der Waals surface area contributed by atoms with Crippen LogP contribution in [0.15, 0.2) is 12.1 Å². The van der Waals surface area contributed by atoms with Crippen LogP contribution in [0.1, 0.15) is 26.3 Å². The van der Waals surface area contributed by atoms with Gasteiger partial charge in [-0.3, -0.25) is 0 Å². The van der Waals surface area contributed by atoms with Gasteiger partial charge in [-0.25, -0.2) is 4.39 Å².